The van der Waals surface area contributed by atoms with Gasteiger partial charge in [-0.25, -0.2) is 0 Å². The molecule has 3 nitrogen and oxygen atoms in total. The Morgan fingerprint density at radius 2 is 1.78 bits per heavy atom. The molecular formula is C20H29N3. The van der Waals surface area contributed by atoms with Crippen LogP contribution in [0.2, 0.25) is 0 Å². The first-order valence-electron chi connectivity index (χ1n) is 9.38. The van der Waals surface area contributed by atoms with E-state index in [-0.39, 0.29) is 0 Å². The first-order chi connectivity index (χ1) is 11.3. The van der Waals surface area contributed by atoms with Gasteiger partial charge in [0.25, 0.3) is 0 Å². The van der Waals surface area contributed by atoms with Crippen LogP contribution in [0.4, 0.5) is 0 Å². The molecule has 0 atom stereocenters. The highest BCUT2D eigenvalue weighted by Gasteiger charge is 2.26. The minimum Gasteiger partial charge on any atom is -0.348 e. The van der Waals surface area contributed by atoms with E-state index in [2.05, 4.69) is 51.8 Å². The van der Waals surface area contributed by atoms with Crippen molar-refractivity contribution in [3.63, 3.8) is 0 Å². The summed E-state index contributed by atoms with van der Waals surface area (Å²) in [5.41, 5.74) is 2.88. The molecular weight excluding hydrogens is 282 g/mol. The van der Waals surface area contributed by atoms with Crippen LogP contribution in [0.15, 0.2) is 30.5 Å². The van der Waals surface area contributed by atoms with E-state index >= 15 is 0 Å². The van der Waals surface area contributed by atoms with Gasteiger partial charge in [0.15, 0.2) is 0 Å². The molecule has 2 fully saturated rings. The number of hydrogen-bond acceptors (Lipinski definition) is 2. The Labute approximate surface area is 139 Å². The van der Waals surface area contributed by atoms with Crippen LogP contribution in [-0.2, 0) is 13.1 Å². The van der Waals surface area contributed by atoms with Crippen molar-refractivity contribution in [2.75, 3.05) is 26.2 Å². The highest BCUT2D eigenvalue weighted by molar-refractivity contribution is 5.83. The average Bonchev–Trinajstić information content (AvgIpc) is 3.25. The Kier molecular flexibility index (Phi) is 4.41. The van der Waals surface area contributed by atoms with E-state index in [9.17, 15) is 0 Å². The molecule has 0 bridgehead atoms. The number of nitrogens with zero attached hydrogens (tertiary/aromatic N) is 3. The number of hydrogen-bond donors (Lipinski definition) is 0. The smallest absolute Gasteiger partial charge is 0.0483 e. The highest BCUT2D eigenvalue weighted by Crippen LogP contribution is 2.25. The Morgan fingerprint density at radius 3 is 2.52 bits per heavy atom. The van der Waals surface area contributed by atoms with Gasteiger partial charge in [-0.2, -0.15) is 0 Å². The summed E-state index contributed by atoms with van der Waals surface area (Å²) in [5, 5.41) is 1.44. The third-order valence-corrected chi connectivity index (χ3v) is 5.85. The van der Waals surface area contributed by atoms with Crippen LogP contribution >= 0.6 is 0 Å². The van der Waals surface area contributed by atoms with Crippen LogP contribution < -0.4 is 0 Å². The normalized spacial score (nSPS) is 21.4. The molecule has 3 heteroatoms. The molecule has 0 unspecified atom stereocenters. The predicted molar refractivity (Wildman–Crippen MR) is 96.7 cm³/mol. The van der Waals surface area contributed by atoms with Crippen molar-refractivity contribution in [1.82, 2.24) is 14.4 Å². The SMILES string of the molecule is CCn1ccc2c(CN3CCC(N4CCCC4)CC3)cccc21. The van der Waals surface area contributed by atoms with Crippen LogP contribution in [0.25, 0.3) is 10.9 Å². The van der Waals surface area contributed by atoms with Gasteiger partial charge in [0, 0.05) is 36.2 Å². The van der Waals surface area contributed by atoms with Crippen molar-refractivity contribution in [2.24, 2.45) is 0 Å². The Bertz CT molecular complexity index is 646. The summed E-state index contributed by atoms with van der Waals surface area (Å²) in [4.78, 5) is 5.39. The van der Waals surface area contributed by atoms with Crippen molar-refractivity contribution in [1.29, 1.82) is 0 Å². The Balaban J connectivity index is 1.42. The van der Waals surface area contributed by atoms with E-state index in [1.165, 1.54) is 68.3 Å². The number of rotatable bonds is 4. The van der Waals surface area contributed by atoms with E-state index in [1.54, 1.807) is 0 Å². The summed E-state index contributed by atoms with van der Waals surface area (Å²) in [6.07, 6.45) is 7.76. The van der Waals surface area contributed by atoms with Gasteiger partial charge in [-0.3, -0.25) is 4.90 Å². The number of fused-ring (bicyclic) bond motifs is 1. The maximum atomic E-state index is 2.74. The lowest BCUT2D eigenvalue weighted by Crippen LogP contribution is -2.43. The van der Waals surface area contributed by atoms with Crippen molar-refractivity contribution < 1.29 is 0 Å². The van der Waals surface area contributed by atoms with Gasteiger partial charge in [0.05, 0.1) is 0 Å². The van der Waals surface area contributed by atoms with Crippen LogP contribution in [0, 0.1) is 0 Å². The predicted octanol–water partition coefficient (Wildman–Crippen LogP) is 3.72. The van der Waals surface area contributed by atoms with Gasteiger partial charge in [0.2, 0.25) is 0 Å². The van der Waals surface area contributed by atoms with Crippen molar-refractivity contribution >= 4 is 10.9 Å². The molecule has 1 aromatic carbocycles. The van der Waals surface area contributed by atoms with E-state index in [1.807, 2.05) is 0 Å². The summed E-state index contributed by atoms with van der Waals surface area (Å²) in [6.45, 7) is 9.57. The van der Waals surface area contributed by atoms with Crippen LogP contribution in [-0.4, -0.2) is 46.6 Å². The van der Waals surface area contributed by atoms with Gasteiger partial charge in [-0.1, -0.05) is 12.1 Å². The molecule has 0 spiro atoms. The highest BCUT2D eigenvalue weighted by atomic mass is 15.2. The number of benzene rings is 1. The van der Waals surface area contributed by atoms with Gasteiger partial charge >= 0.3 is 0 Å². The average molecular weight is 311 g/mol. The molecule has 1 aromatic heterocycles. The minimum atomic E-state index is 0.853. The molecule has 124 valence electrons. The lowest BCUT2D eigenvalue weighted by molar-refractivity contribution is 0.123. The number of likely N-dealkylation sites (tertiary alicyclic amines) is 2. The van der Waals surface area contributed by atoms with Gasteiger partial charge in [-0.05, 0) is 76.5 Å². The fourth-order valence-electron chi connectivity index (χ4n) is 4.49. The number of piperidine rings is 1. The topological polar surface area (TPSA) is 11.4 Å². The van der Waals surface area contributed by atoms with Gasteiger partial charge in [-0.15, -0.1) is 0 Å². The molecule has 0 radical (unpaired) electrons. The summed E-state index contributed by atoms with van der Waals surface area (Å²) >= 11 is 0. The zero-order valence-corrected chi connectivity index (χ0v) is 14.4. The van der Waals surface area contributed by atoms with E-state index in [4.69, 9.17) is 0 Å². The molecule has 4 rings (SSSR count). The van der Waals surface area contributed by atoms with Gasteiger partial charge in [0.1, 0.15) is 0 Å². The zero-order valence-electron chi connectivity index (χ0n) is 14.4. The second kappa shape index (κ2) is 6.66. The monoisotopic (exact) mass is 311 g/mol. The Morgan fingerprint density at radius 1 is 1.00 bits per heavy atom. The summed E-state index contributed by atoms with van der Waals surface area (Å²) in [7, 11) is 0. The van der Waals surface area contributed by atoms with Crippen LogP contribution in [0.3, 0.4) is 0 Å². The molecule has 2 aliphatic rings. The molecule has 23 heavy (non-hydrogen) atoms. The summed E-state index contributed by atoms with van der Waals surface area (Å²) in [5.74, 6) is 0. The van der Waals surface area contributed by atoms with E-state index < -0.39 is 0 Å². The lowest BCUT2D eigenvalue weighted by Gasteiger charge is -2.36. The molecule has 0 amide bonds. The summed E-state index contributed by atoms with van der Waals surface area (Å²) in [6, 6.07) is 9.94. The van der Waals surface area contributed by atoms with Crippen molar-refractivity contribution in [2.45, 2.75) is 51.7 Å². The fourth-order valence-corrected chi connectivity index (χ4v) is 4.49. The third-order valence-electron chi connectivity index (χ3n) is 5.85. The van der Waals surface area contributed by atoms with Gasteiger partial charge < -0.3 is 9.47 Å². The third kappa shape index (κ3) is 3.05. The molecule has 0 N–H and O–H groups in total. The summed E-state index contributed by atoms with van der Waals surface area (Å²) < 4.78 is 2.35. The first-order valence-corrected chi connectivity index (χ1v) is 9.38. The molecule has 3 heterocycles. The van der Waals surface area contributed by atoms with E-state index in [0.29, 0.717) is 0 Å². The zero-order chi connectivity index (χ0) is 15.6. The quantitative estimate of drug-likeness (QED) is 0.852. The molecule has 2 aliphatic heterocycles. The standard InChI is InChI=1S/C20H29N3/c1-2-22-15-10-19-17(6-5-7-20(19)22)16-21-13-8-18(9-14-21)23-11-3-4-12-23/h5-7,10,15,18H,2-4,8-9,11-14,16H2,1H3. The molecule has 0 saturated carbocycles. The van der Waals surface area contributed by atoms with Crippen LogP contribution in [0.1, 0.15) is 38.2 Å². The molecule has 0 aliphatic carbocycles. The lowest BCUT2D eigenvalue weighted by atomic mass is 10.0. The van der Waals surface area contributed by atoms with Crippen molar-refractivity contribution in [3.8, 4) is 0 Å². The number of aryl methyl sites for hydroxylation is 1. The minimum absolute atomic E-state index is 0.853. The maximum absolute atomic E-state index is 2.74. The first kappa shape index (κ1) is 15.2. The Hall–Kier alpha value is -1.32. The fraction of sp³-hybridized carbons (Fsp3) is 0.600. The molecule has 2 aromatic rings. The maximum Gasteiger partial charge on any atom is 0.0483 e. The second-order valence-corrected chi connectivity index (χ2v) is 7.20. The largest absolute Gasteiger partial charge is 0.348 e. The van der Waals surface area contributed by atoms with Crippen LogP contribution in [0.5, 0.6) is 0 Å². The van der Waals surface area contributed by atoms with E-state index in [0.717, 1.165) is 19.1 Å². The van der Waals surface area contributed by atoms with Crippen molar-refractivity contribution in [3.05, 3.63) is 36.0 Å². The number of aromatic nitrogens is 1. The molecule has 2 saturated heterocycles. The second-order valence-electron chi connectivity index (χ2n) is 7.20.